The summed E-state index contributed by atoms with van der Waals surface area (Å²) in [4.78, 5) is 12.3. The molecule has 0 aromatic rings. The fourth-order valence-electron chi connectivity index (χ4n) is 3.29. The largest absolute Gasteiger partial charge is 0.465 e. The summed E-state index contributed by atoms with van der Waals surface area (Å²) < 4.78 is 12.5. The molecule has 18 heavy (non-hydrogen) atoms. The molecule has 4 heteroatoms. The Morgan fingerprint density at radius 3 is 2.50 bits per heavy atom. The first-order valence-corrected chi connectivity index (χ1v) is 8.20. The number of hydrogen-bond donors (Lipinski definition) is 0. The number of hydrogen-bond acceptors (Lipinski definition) is 3. The number of esters is 1. The Bertz CT molecular complexity index is 339. The normalized spacial score (nSPS) is 38.4. The van der Waals surface area contributed by atoms with Crippen LogP contribution in [0, 0.1) is 10.8 Å². The van der Waals surface area contributed by atoms with Crippen LogP contribution in [0.3, 0.4) is 0 Å². The molecule has 1 atom stereocenters. The van der Waals surface area contributed by atoms with Crippen LogP contribution in [0.4, 0.5) is 0 Å². The number of fused-ring (bicyclic) bond motifs is 1. The third kappa shape index (κ3) is 2.30. The molecule has 3 fully saturated rings. The molecule has 0 N–H and O–H groups in total. The lowest BCUT2D eigenvalue weighted by atomic mass is 9.59. The molecular formula is C14H23IO3. The number of carbonyl (C=O) groups excluding carboxylic acids is 1. The topological polar surface area (TPSA) is 35.5 Å². The first kappa shape index (κ1) is 14.6. The highest BCUT2D eigenvalue weighted by atomic mass is 127. The second-order valence-corrected chi connectivity index (χ2v) is 7.68. The van der Waals surface area contributed by atoms with Crippen LogP contribution in [-0.4, -0.2) is 28.7 Å². The van der Waals surface area contributed by atoms with E-state index in [-0.39, 0.29) is 28.5 Å². The minimum absolute atomic E-state index is 0.0336. The Kier molecular flexibility index (Phi) is 3.74. The van der Waals surface area contributed by atoms with Crippen molar-refractivity contribution in [3.05, 3.63) is 0 Å². The van der Waals surface area contributed by atoms with Gasteiger partial charge in [0.2, 0.25) is 0 Å². The van der Waals surface area contributed by atoms with Crippen molar-refractivity contribution in [2.75, 3.05) is 11.0 Å². The number of carbonyl (C=O) groups is 1. The summed E-state index contributed by atoms with van der Waals surface area (Å²) in [6.45, 7) is 8.92. The Morgan fingerprint density at radius 2 is 2.06 bits per heavy atom. The molecule has 104 valence electrons. The van der Waals surface area contributed by atoms with Crippen LogP contribution in [0.1, 0.15) is 47.0 Å². The molecule has 2 saturated heterocycles. The van der Waals surface area contributed by atoms with Crippen LogP contribution in [0.2, 0.25) is 0 Å². The van der Waals surface area contributed by atoms with Gasteiger partial charge in [0, 0.05) is 4.43 Å². The van der Waals surface area contributed by atoms with Gasteiger partial charge in [-0.1, -0.05) is 43.4 Å². The molecule has 2 bridgehead atoms. The highest BCUT2D eigenvalue weighted by Gasteiger charge is 2.71. The van der Waals surface area contributed by atoms with Crippen molar-refractivity contribution in [3.8, 4) is 0 Å². The molecule has 2 heterocycles. The molecule has 1 unspecified atom stereocenters. The van der Waals surface area contributed by atoms with Crippen LogP contribution >= 0.6 is 22.6 Å². The lowest BCUT2D eigenvalue weighted by Gasteiger charge is -2.42. The minimum Gasteiger partial charge on any atom is -0.465 e. The SMILES string of the molecule is CCOC(=O)C12CC(CI)(C1)OC2CC(C)(C)C. The van der Waals surface area contributed by atoms with E-state index in [9.17, 15) is 4.79 Å². The van der Waals surface area contributed by atoms with Crippen molar-refractivity contribution in [2.45, 2.75) is 58.7 Å². The van der Waals surface area contributed by atoms with Gasteiger partial charge >= 0.3 is 5.97 Å². The zero-order valence-corrected chi connectivity index (χ0v) is 13.9. The summed E-state index contributed by atoms with van der Waals surface area (Å²) in [6, 6.07) is 0. The van der Waals surface area contributed by atoms with Crippen LogP contribution in [0.15, 0.2) is 0 Å². The molecular weight excluding hydrogens is 343 g/mol. The predicted molar refractivity (Wildman–Crippen MR) is 78.9 cm³/mol. The average molecular weight is 366 g/mol. The van der Waals surface area contributed by atoms with E-state index in [1.807, 2.05) is 6.92 Å². The third-order valence-corrected chi connectivity index (χ3v) is 5.40. The van der Waals surface area contributed by atoms with Crippen molar-refractivity contribution < 1.29 is 14.3 Å². The van der Waals surface area contributed by atoms with Crippen LogP contribution < -0.4 is 0 Å². The Hall–Kier alpha value is 0.160. The maximum absolute atomic E-state index is 12.3. The number of rotatable bonds is 4. The van der Waals surface area contributed by atoms with Gasteiger partial charge in [0.25, 0.3) is 0 Å². The summed E-state index contributed by atoms with van der Waals surface area (Å²) in [6.07, 6.45) is 2.65. The second kappa shape index (κ2) is 4.62. The Morgan fingerprint density at radius 1 is 1.44 bits per heavy atom. The van der Waals surface area contributed by atoms with Gasteiger partial charge in [0.1, 0.15) is 0 Å². The fraction of sp³-hybridized carbons (Fsp3) is 0.929. The summed E-state index contributed by atoms with van der Waals surface area (Å²) in [5, 5.41) is 0. The van der Waals surface area contributed by atoms with Gasteiger partial charge in [-0.05, 0) is 31.6 Å². The highest BCUT2D eigenvalue weighted by molar-refractivity contribution is 14.1. The van der Waals surface area contributed by atoms with E-state index in [2.05, 4.69) is 43.4 Å². The summed E-state index contributed by atoms with van der Waals surface area (Å²) in [5.41, 5.74) is -0.230. The lowest BCUT2D eigenvalue weighted by molar-refractivity contribution is -0.161. The van der Waals surface area contributed by atoms with Crippen molar-refractivity contribution in [1.82, 2.24) is 0 Å². The van der Waals surface area contributed by atoms with Crippen LogP contribution in [-0.2, 0) is 14.3 Å². The second-order valence-electron chi connectivity index (χ2n) is 6.92. The van der Waals surface area contributed by atoms with E-state index in [0.717, 1.165) is 23.7 Å². The van der Waals surface area contributed by atoms with Gasteiger partial charge in [0.05, 0.1) is 23.7 Å². The first-order chi connectivity index (χ1) is 8.27. The molecule has 0 aromatic heterocycles. The maximum Gasteiger partial charge on any atom is 0.314 e. The highest BCUT2D eigenvalue weighted by Crippen LogP contribution is 2.64. The quantitative estimate of drug-likeness (QED) is 0.435. The molecule has 0 spiro atoms. The van der Waals surface area contributed by atoms with Crippen molar-refractivity contribution >= 4 is 28.6 Å². The monoisotopic (exact) mass is 366 g/mol. The molecule has 3 aliphatic rings. The standard InChI is InChI=1S/C14H23IO3/c1-5-17-11(16)14-7-13(8-14,9-15)18-10(14)6-12(2,3)4/h10H,5-9H2,1-4H3. The lowest BCUT2D eigenvalue weighted by Crippen LogP contribution is -2.52. The predicted octanol–water partition coefficient (Wildman–Crippen LogP) is 3.34. The van der Waals surface area contributed by atoms with Gasteiger partial charge in [-0.2, -0.15) is 0 Å². The summed E-state index contributed by atoms with van der Waals surface area (Å²) >= 11 is 2.37. The van der Waals surface area contributed by atoms with Crippen LogP contribution in [0.5, 0.6) is 0 Å². The number of ether oxygens (including phenoxy) is 2. The van der Waals surface area contributed by atoms with Crippen LogP contribution in [0.25, 0.3) is 0 Å². The first-order valence-electron chi connectivity index (χ1n) is 6.68. The van der Waals surface area contributed by atoms with Gasteiger partial charge in [0.15, 0.2) is 0 Å². The Balaban J connectivity index is 2.16. The summed E-state index contributed by atoms with van der Waals surface area (Å²) in [5.74, 6) is -0.0442. The zero-order chi connectivity index (χ0) is 13.6. The maximum atomic E-state index is 12.3. The molecule has 3 rings (SSSR count). The van der Waals surface area contributed by atoms with Gasteiger partial charge in [-0.3, -0.25) is 4.79 Å². The van der Waals surface area contributed by atoms with Gasteiger partial charge in [-0.15, -0.1) is 0 Å². The molecule has 1 aliphatic carbocycles. The zero-order valence-electron chi connectivity index (χ0n) is 11.7. The molecule has 3 nitrogen and oxygen atoms in total. The average Bonchev–Trinajstić information content (AvgIpc) is 2.65. The van der Waals surface area contributed by atoms with E-state index >= 15 is 0 Å². The minimum atomic E-state index is -0.353. The van der Waals surface area contributed by atoms with E-state index in [0.29, 0.717) is 6.61 Å². The summed E-state index contributed by atoms with van der Waals surface area (Å²) in [7, 11) is 0. The fourth-order valence-corrected chi connectivity index (χ4v) is 4.01. The van der Waals surface area contributed by atoms with Crippen molar-refractivity contribution in [2.24, 2.45) is 10.8 Å². The third-order valence-electron chi connectivity index (χ3n) is 4.01. The molecule has 0 aromatic carbocycles. The van der Waals surface area contributed by atoms with Gasteiger partial charge in [-0.25, -0.2) is 0 Å². The van der Waals surface area contributed by atoms with Gasteiger partial charge < -0.3 is 9.47 Å². The van der Waals surface area contributed by atoms with Crippen molar-refractivity contribution in [1.29, 1.82) is 0 Å². The van der Waals surface area contributed by atoms with E-state index < -0.39 is 0 Å². The molecule has 0 amide bonds. The molecule has 2 aliphatic heterocycles. The van der Waals surface area contributed by atoms with E-state index in [4.69, 9.17) is 9.47 Å². The molecule has 1 saturated carbocycles. The van der Waals surface area contributed by atoms with E-state index in [1.165, 1.54) is 0 Å². The number of halogens is 1. The van der Waals surface area contributed by atoms with Crippen molar-refractivity contribution in [3.63, 3.8) is 0 Å². The Labute approximate surface area is 123 Å². The number of alkyl halides is 1. The molecule has 0 radical (unpaired) electrons. The smallest absolute Gasteiger partial charge is 0.314 e. The van der Waals surface area contributed by atoms with E-state index in [1.54, 1.807) is 0 Å².